The highest BCUT2D eigenvalue weighted by atomic mass is 19.3. The summed E-state index contributed by atoms with van der Waals surface area (Å²) in [5, 5.41) is 8.11. The van der Waals surface area contributed by atoms with E-state index in [1.54, 1.807) is 10.9 Å². The zero-order valence-corrected chi connectivity index (χ0v) is 16.0. The third-order valence-electron chi connectivity index (χ3n) is 4.55. The Morgan fingerprint density at radius 2 is 1.83 bits per heavy atom. The summed E-state index contributed by atoms with van der Waals surface area (Å²) in [6, 6.07) is 17.6. The van der Waals surface area contributed by atoms with E-state index in [9.17, 15) is 13.6 Å². The molecule has 6 nitrogen and oxygen atoms in total. The van der Waals surface area contributed by atoms with E-state index in [4.69, 9.17) is 0 Å². The number of fused-ring (bicyclic) bond motifs is 1. The average Bonchev–Trinajstić information content (AvgIpc) is 3.05. The molecular weight excluding hydrogens is 390 g/mol. The summed E-state index contributed by atoms with van der Waals surface area (Å²) in [7, 11) is 0. The Bertz CT molecular complexity index is 1180. The van der Waals surface area contributed by atoms with Crippen molar-refractivity contribution in [2.75, 3.05) is 5.32 Å². The van der Waals surface area contributed by atoms with E-state index in [0.29, 0.717) is 11.3 Å². The Morgan fingerprint density at radius 3 is 2.53 bits per heavy atom. The number of halogens is 2. The van der Waals surface area contributed by atoms with Gasteiger partial charge in [0.1, 0.15) is 12.3 Å². The number of aromatic nitrogens is 3. The molecule has 0 unspecified atom stereocenters. The first kappa shape index (κ1) is 19.5. The lowest BCUT2D eigenvalue weighted by molar-refractivity contribution is -0.116. The SMILES string of the molecule is Cc1nn(CC(=O)Nc2ccc(OC(F)F)cc2)c2nccc(-c3ccccc3)c12. The lowest BCUT2D eigenvalue weighted by Crippen LogP contribution is -2.19. The molecule has 4 aromatic rings. The summed E-state index contributed by atoms with van der Waals surface area (Å²) in [6.45, 7) is -1.05. The van der Waals surface area contributed by atoms with Gasteiger partial charge in [-0.05, 0) is 48.4 Å². The van der Waals surface area contributed by atoms with Crippen molar-refractivity contribution in [3.05, 3.63) is 72.6 Å². The molecule has 152 valence electrons. The number of rotatable bonds is 6. The highest BCUT2D eigenvalue weighted by Gasteiger charge is 2.16. The predicted molar refractivity (Wildman–Crippen MR) is 109 cm³/mol. The van der Waals surface area contributed by atoms with Crippen LogP contribution in [0.15, 0.2) is 66.9 Å². The van der Waals surface area contributed by atoms with Crippen molar-refractivity contribution in [3.8, 4) is 16.9 Å². The Labute approximate surface area is 171 Å². The van der Waals surface area contributed by atoms with Crippen molar-refractivity contribution in [2.24, 2.45) is 0 Å². The number of benzene rings is 2. The molecule has 0 bridgehead atoms. The smallest absolute Gasteiger partial charge is 0.387 e. The van der Waals surface area contributed by atoms with Crippen LogP contribution >= 0.6 is 0 Å². The van der Waals surface area contributed by atoms with Crippen LogP contribution in [0.2, 0.25) is 0 Å². The van der Waals surface area contributed by atoms with Gasteiger partial charge in [-0.2, -0.15) is 13.9 Å². The lowest BCUT2D eigenvalue weighted by atomic mass is 10.0. The number of hydrogen-bond acceptors (Lipinski definition) is 4. The standard InChI is InChI=1S/C22H18F2N4O2/c1-14-20-18(15-5-3-2-4-6-15)11-12-25-21(20)28(27-14)13-19(29)26-16-7-9-17(10-8-16)30-22(23)24/h2-12,22H,13H2,1H3,(H,26,29). The normalized spacial score (nSPS) is 11.1. The molecule has 0 atom stereocenters. The van der Waals surface area contributed by atoms with Crippen molar-refractivity contribution < 1.29 is 18.3 Å². The highest BCUT2D eigenvalue weighted by molar-refractivity contribution is 5.96. The first-order valence-corrected chi connectivity index (χ1v) is 9.23. The van der Waals surface area contributed by atoms with E-state index in [0.717, 1.165) is 22.2 Å². The number of pyridine rings is 1. The second-order valence-corrected chi connectivity index (χ2v) is 6.62. The van der Waals surface area contributed by atoms with Gasteiger partial charge in [-0.1, -0.05) is 30.3 Å². The zero-order chi connectivity index (χ0) is 21.1. The van der Waals surface area contributed by atoms with Gasteiger partial charge in [-0.3, -0.25) is 4.79 Å². The van der Waals surface area contributed by atoms with Crippen LogP contribution in [0.1, 0.15) is 5.69 Å². The molecule has 30 heavy (non-hydrogen) atoms. The van der Waals surface area contributed by atoms with E-state index >= 15 is 0 Å². The summed E-state index contributed by atoms with van der Waals surface area (Å²) < 4.78 is 30.3. The summed E-state index contributed by atoms with van der Waals surface area (Å²) >= 11 is 0. The van der Waals surface area contributed by atoms with Gasteiger partial charge in [0.05, 0.1) is 5.69 Å². The highest BCUT2D eigenvalue weighted by Crippen LogP contribution is 2.29. The summed E-state index contributed by atoms with van der Waals surface area (Å²) in [6.07, 6.45) is 1.70. The van der Waals surface area contributed by atoms with E-state index < -0.39 is 6.61 Å². The number of nitrogens with one attached hydrogen (secondary N) is 1. The first-order valence-electron chi connectivity index (χ1n) is 9.23. The molecule has 2 aromatic carbocycles. The molecule has 1 amide bonds. The first-order chi connectivity index (χ1) is 14.5. The van der Waals surface area contributed by atoms with Gasteiger partial charge in [-0.25, -0.2) is 9.67 Å². The van der Waals surface area contributed by atoms with E-state index in [1.165, 1.54) is 24.3 Å². The number of carbonyl (C=O) groups excluding carboxylic acids is 1. The second-order valence-electron chi connectivity index (χ2n) is 6.62. The molecule has 8 heteroatoms. The fourth-order valence-electron chi connectivity index (χ4n) is 3.31. The third kappa shape index (κ3) is 4.12. The molecule has 0 aliphatic heterocycles. The average molecular weight is 408 g/mol. The molecule has 1 N–H and O–H groups in total. The molecular formula is C22H18F2N4O2. The Balaban J connectivity index is 1.55. The molecule has 0 fully saturated rings. The van der Waals surface area contributed by atoms with Gasteiger partial charge < -0.3 is 10.1 Å². The van der Waals surface area contributed by atoms with E-state index in [2.05, 4.69) is 20.1 Å². The topological polar surface area (TPSA) is 69.0 Å². The largest absolute Gasteiger partial charge is 0.435 e. The maximum atomic E-state index is 12.5. The minimum Gasteiger partial charge on any atom is -0.435 e. The third-order valence-corrected chi connectivity index (χ3v) is 4.55. The molecule has 0 saturated carbocycles. The maximum absolute atomic E-state index is 12.5. The minimum atomic E-state index is -2.89. The molecule has 4 rings (SSSR count). The van der Waals surface area contributed by atoms with Gasteiger partial charge in [0.2, 0.25) is 5.91 Å². The molecule has 0 radical (unpaired) electrons. The van der Waals surface area contributed by atoms with Crippen LogP contribution in [-0.2, 0) is 11.3 Å². The number of carbonyl (C=O) groups is 1. The molecule has 2 aromatic heterocycles. The number of amides is 1. The van der Waals surface area contributed by atoms with Crippen LogP contribution in [0, 0.1) is 6.92 Å². The van der Waals surface area contributed by atoms with Crippen LogP contribution in [-0.4, -0.2) is 27.3 Å². The predicted octanol–water partition coefficient (Wildman–Crippen LogP) is 4.65. The molecule has 0 spiro atoms. The van der Waals surface area contributed by atoms with Crippen molar-refractivity contribution in [1.82, 2.24) is 14.8 Å². The number of aryl methyl sites for hydroxylation is 1. The molecule has 2 heterocycles. The van der Waals surface area contributed by atoms with Gasteiger partial charge in [0.25, 0.3) is 0 Å². The number of hydrogen-bond donors (Lipinski definition) is 1. The fourth-order valence-corrected chi connectivity index (χ4v) is 3.31. The van der Waals surface area contributed by atoms with E-state index in [-0.39, 0.29) is 18.2 Å². The molecule has 0 aliphatic carbocycles. The van der Waals surface area contributed by atoms with Crippen LogP contribution in [0.3, 0.4) is 0 Å². The van der Waals surface area contributed by atoms with Gasteiger partial charge in [0, 0.05) is 17.3 Å². The van der Waals surface area contributed by atoms with Gasteiger partial charge in [-0.15, -0.1) is 0 Å². The summed E-state index contributed by atoms with van der Waals surface area (Å²) in [5.41, 5.74) is 3.90. The van der Waals surface area contributed by atoms with Crippen molar-refractivity contribution >= 4 is 22.6 Å². The van der Waals surface area contributed by atoms with Crippen molar-refractivity contribution in [2.45, 2.75) is 20.1 Å². The summed E-state index contributed by atoms with van der Waals surface area (Å²) in [4.78, 5) is 16.9. The van der Waals surface area contributed by atoms with Crippen LogP contribution < -0.4 is 10.1 Å². The number of nitrogens with zero attached hydrogens (tertiary/aromatic N) is 3. The Kier molecular flexibility index (Phi) is 5.38. The molecule has 0 saturated heterocycles. The van der Waals surface area contributed by atoms with Crippen LogP contribution in [0.5, 0.6) is 5.75 Å². The fraction of sp³-hybridized carbons (Fsp3) is 0.136. The number of alkyl halides is 2. The van der Waals surface area contributed by atoms with Crippen molar-refractivity contribution in [1.29, 1.82) is 0 Å². The van der Waals surface area contributed by atoms with Crippen molar-refractivity contribution in [3.63, 3.8) is 0 Å². The monoisotopic (exact) mass is 408 g/mol. The second kappa shape index (κ2) is 8.28. The molecule has 0 aliphatic rings. The summed E-state index contributed by atoms with van der Waals surface area (Å²) in [5.74, 6) is -0.289. The van der Waals surface area contributed by atoms with Crippen LogP contribution in [0.4, 0.5) is 14.5 Å². The lowest BCUT2D eigenvalue weighted by Gasteiger charge is -2.08. The Hall–Kier alpha value is -3.81. The van der Waals surface area contributed by atoms with Crippen LogP contribution in [0.25, 0.3) is 22.2 Å². The van der Waals surface area contributed by atoms with Gasteiger partial charge in [0.15, 0.2) is 5.65 Å². The maximum Gasteiger partial charge on any atom is 0.387 e. The number of anilines is 1. The van der Waals surface area contributed by atoms with E-state index in [1.807, 2.05) is 43.3 Å². The van der Waals surface area contributed by atoms with Gasteiger partial charge >= 0.3 is 6.61 Å². The number of ether oxygens (including phenoxy) is 1. The Morgan fingerprint density at radius 1 is 1.10 bits per heavy atom. The quantitative estimate of drug-likeness (QED) is 0.504. The zero-order valence-electron chi connectivity index (χ0n) is 16.0. The minimum absolute atomic E-state index is 0.0225.